The van der Waals surface area contributed by atoms with Crippen molar-refractivity contribution in [2.24, 2.45) is 0 Å². The number of nitrogens with zero attached hydrogens (tertiary/aromatic N) is 5. The zero-order valence-corrected chi connectivity index (χ0v) is 29.8. The topological polar surface area (TPSA) is 65.7 Å². The lowest BCUT2D eigenvalue weighted by Gasteiger charge is -2.45. The molecule has 7 aromatic carbocycles. The van der Waals surface area contributed by atoms with Gasteiger partial charge in [0.1, 0.15) is 0 Å². The van der Waals surface area contributed by atoms with Crippen LogP contribution < -0.4 is 4.90 Å². The van der Waals surface area contributed by atoms with Gasteiger partial charge in [0.2, 0.25) is 0 Å². The number of nitriles is 1. The van der Waals surface area contributed by atoms with Crippen LogP contribution in [-0.4, -0.2) is 15.0 Å². The third-order valence-electron chi connectivity index (χ3n) is 10.8. The fraction of sp³-hybridized carbons (Fsp3) is 0.0612. The van der Waals surface area contributed by atoms with E-state index in [-0.39, 0.29) is 0 Å². The molecule has 0 N–H and O–H groups in total. The van der Waals surface area contributed by atoms with Gasteiger partial charge in [-0.2, -0.15) is 5.26 Å². The molecule has 0 unspecified atom stereocenters. The first kappa shape index (κ1) is 31.6. The van der Waals surface area contributed by atoms with Crippen molar-refractivity contribution in [1.29, 1.82) is 5.26 Å². The van der Waals surface area contributed by atoms with Gasteiger partial charge in [-0.05, 0) is 77.6 Å². The number of hydrogen-bond acceptors (Lipinski definition) is 5. The molecule has 8 aromatic rings. The van der Waals surface area contributed by atoms with Crippen molar-refractivity contribution in [3.63, 3.8) is 0 Å². The molecule has 5 heteroatoms. The lowest BCUT2D eigenvalue weighted by Crippen LogP contribution is -2.36. The van der Waals surface area contributed by atoms with Crippen LogP contribution in [0.1, 0.15) is 38.9 Å². The first-order chi connectivity index (χ1) is 26.5. The van der Waals surface area contributed by atoms with Gasteiger partial charge in [-0.3, -0.25) is 0 Å². The summed E-state index contributed by atoms with van der Waals surface area (Å²) in [5, 5.41) is 10.5. The Hall–Kier alpha value is -7.16. The molecule has 0 saturated carbocycles. The van der Waals surface area contributed by atoms with E-state index in [9.17, 15) is 5.26 Å². The van der Waals surface area contributed by atoms with E-state index in [1.54, 1.807) is 0 Å². The molecular weight excluding hydrogens is 659 g/mol. The van der Waals surface area contributed by atoms with E-state index in [1.165, 1.54) is 44.5 Å². The van der Waals surface area contributed by atoms with Crippen LogP contribution in [-0.2, 0) is 5.41 Å². The van der Waals surface area contributed by atoms with Crippen LogP contribution in [0.15, 0.2) is 164 Å². The molecule has 0 radical (unpaired) electrons. The molecule has 5 nitrogen and oxygen atoms in total. The average Bonchev–Trinajstić information content (AvgIpc) is 3.50. The number of fused-ring (bicyclic) bond motifs is 9. The van der Waals surface area contributed by atoms with Crippen LogP contribution in [0.4, 0.5) is 17.1 Å². The fourth-order valence-electron chi connectivity index (χ4n) is 8.54. The Morgan fingerprint density at radius 1 is 0.463 bits per heavy atom. The predicted molar refractivity (Wildman–Crippen MR) is 216 cm³/mol. The van der Waals surface area contributed by atoms with Crippen molar-refractivity contribution in [3.05, 3.63) is 203 Å². The number of hydrogen-bond donors (Lipinski definition) is 0. The largest absolute Gasteiger partial charge is 0.310 e. The maximum atomic E-state index is 10.5. The smallest absolute Gasteiger partial charge is 0.164 e. The summed E-state index contributed by atoms with van der Waals surface area (Å²) >= 11 is 0. The highest BCUT2D eigenvalue weighted by Crippen LogP contribution is 2.63. The Morgan fingerprint density at radius 3 is 1.43 bits per heavy atom. The summed E-state index contributed by atoms with van der Waals surface area (Å²) in [5.74, 6) is 1.64. The Labute approximate surface area is 314 Å². The number of aryl methyl sites for hydroxylation is 2. The second kappa shape index (κ2) is 12.2. The standard InChI is InChI=1S/C49H33N5/c1-31-21-23-40-38(25-31)39-26-32(2)22-24-41(39)49(40)42-17-9-11-19-44(42)54(45-20-12-10-18-43(45)49)37-28-33(30-50)27-36(29-37)48-52-46(34-13-5-3-6-14-34)51-47(53-48)35-15-7-4-8-16-35/h3-29H,1-2H3. The first-order valence-electron chi connectivity index (χ1n) is 18.2. The molecular formula is C49H33N5. The lowest BCUT2D eigenvalue weighted by molar-refractivity contribution is 0.752. The van der Waals surface area contributed by atoms with Crippen molar-refractivity contribution in [2.75, 3.05) is 4.90 Å². The lowest BCUT2D eigenvalue weighted by atomic mass is 9.64. The monoisotopic (exact) mass is 691 g/mol. The molecule has 0 fully saturated rings. The Bertz CT molecular complexity index is 2660. The summed E-state index contributed by atoms with van der Waals surface area (Å²) < 4.78 is 0. The second-order valence-electron chi connectivity index (χ2n) is 14.1. The number of anilines is 3. The van der Waals surface area contributed by atoms with E-state index >= 15 is 0 Å². The highest BCUT2D eigenvalue weighted by molar-refractivity contribution is 5.96. The zero-order chi connectivity index (χ0) is 36.4. The molecule has 0 atom stereocenters. The van der Waals surface area contributed by atoms with Gasteiger partial charge < -0.3 is 4.90 Å². The normalized spacial score (nSPS) is 13.1. The van der Waals surface area contributed by atoms with Crippen LogP contribution in [0, 0.1) is 25.2 Å². The molecule has 1 aliphatic carbocycles. The van der Waals surface area contributed by atoms with Gasteiger partial charge in [0.25, 0.3) is 0 Å². The number of rotatable bonds is 4. The van der Waals surface area contributed by atoms with Gasteiger partial charge in [0.15, 0.2) is 17.5 Å². The number of para-hydroxylation sites is 2. The second-order valence-corrected chi connectivity index (χ2v) is 14.1. The van der Waals surface area contributed by atoms with Crippen molar-refractivity contribution < 1.29 is 0 Å². The van der Waals surface area contributed by atoms with Crippen molar-refractivity contribution >= 4 is 17.1 Å². The molecule has 1 spiro atoms. The highest BCUT2D eigenvalue weighted by atomic mass is 15.2. The van der Waals surface area contributed by atoms with Crippen LogP contribution in [0.25, 0.3) is 45.3 Å². The summed E-state index contributed by atoms with van der Waals surface area (Å²) in [7, 11) is 0. The first-order valence-corrected chi connectivity index (χ1v) is 18.2. The quantitative estimate of drug-likeness (QED) is 0.184. The summed E-state index contributed by atoms with van der Waals surface area (Å²) in [5.41, 5.74) is 15.5. The minimum absolute atomic E-state index is 0.500. The third kappa shape index (κ3) is 4.74. The molecule has 1 aromatic heterocycles. The van der Waals surface area contributed by atoms with Gasteiger partial charge in [0.05, 0.1) is 28.4 Å². The van der Waals surface area contributed by atoms with E-state index in [0.29, 0.717) is 23.0 Å². The van der Waals surface area contributed by atoms with E-state index < -0.39 is 5.41 Å². The molecule has 1 aliphatic heterocycles. The molecule has 0 bridgehead atoms. The van der Waals surface area contributed by atoms with Crippen molar-refractivity contribution in [1.82, 2.24) is 15.0 Å². The van der Waals surface area contributed by atoms with Gasteiger partial charge in [0, 0.05) is 22.4 Å². The van der Waals surface area contributed by atoms with Crippen LogP contribution in [0.2, 0.25) is 0 Å². The highest BCUT2D eigenvalue weighted by Gasteiger charge is 2.51. The number of benzene rings is 7. The van der Waals surface area contributed by atoms with Crippen LogP contribution in [0.3, 0.4) is 0 Å². The van der Waals surface area contributed by atoms with E-state index in [4.69, 9.17) is 15.0 Å². The minimum Gasteiger partial charge on any atom is -0.310 e. The van der Waals surface area contributed by atoms with Gasteiger partial charge >= 0.3 is 0 Å². The van der Waals surface area contributed by atoms with Crippen LogP contribution in [0.5, 0.6) is 0 Å². The molecule has 2 heterocycles. The predicted octanol–water partition coefficient (Wildman–Crippen LogP) is 11.5. The molecule has 10 rings (SSSR count). The summed E-state index contributed by atoms with van der Waals surface area (Å²) in [6, 6.07) is 59.6. The SMILES string of the molecule is Cc1ccc2c(c1)-c1cc(C)ccc1C21c2ccccc2N(c2cc(C#N)cc(-c3nc(-c4ccccc4)nc(-c4ccccc4)n3)c2)c2ccccc21. The molecule has 0 amide bonds. The van der Waals surface area contributed by atoms with Gasteiger partial charge in [-0.1, -0.05) is 145 Å². The van der Waals surface area contributed by atoms with Gasteiger partial charge in [-0.15, -0.1) is 0 Å². The molecule has 0 saturated heterocycles. The molecule has 2 aliphatic rings. The van der Waals surface area contributed by atoms with E-state index in [0.717, 1.165) is 33.8 Å². The van der Waals surface area contributed by atoms with Crippen LogP contribution >= 0.6 is 0 Å². The minimum atomic E-state index is -0.533. The zero-order valence-electron chi connectivity index (χ0n) is 29.8. The van der Waals surface area contributed by atoms with E-state index in [2.05, 4.69) is 116 Å². The average molecular weight is 692 g/mol. The van der Waals surface area contributed by atoms with Crippen molar-refractivity contribution in [2.45, 2.75) is 19.3 Å². The summed E-state index contributed by atoms with van der Waals surface area (Å²) in [6.07, 6.45) is 0. The van der Waals surface area contributed by atoms with Gasteiger partial charge in [-0.25, -0.2) is 15.0 Å². The third-order valence-corrected chi connectivity index (χ3v) is 10.8. The fourth-order valence-corrected chi connectivity index (χ4v) is 8.54. The maximum absolute atomic E-state index is 10.5. The molecule has 254 valence electrons. The summed E-state index contributed by atoms with van der Waals surface area (Å²) in [6.45, 7) is 4.34. The van der Waals surface area contributed by atoms with Crippen molar-refractivity contribution in [3.8, 4) is 51.4 Å². The maximum Gasteiger partial charge on any atom is 0.164 e. The Morgan fingerprint density at radius 2 is 0.926 bits per heavy atom. The number of aromatic nitrogens is 3. The Balaban J connectivity index is 1.22. The molecule has 54 heavy (non-hydrogen) atoms. The Kier molecular flexibility index (Phi) is 7.14. The summed E-state index contributed by atoms with van der Waals surface area (Å²) in [4.78, 5) is 17.3. The van der Waals surface area contributed by atoms with E-state index in [1.807, 2.05) is 72.8 Å².